The third-order valence-electron chi connectivity index (χ3n) is 3.94. The fourth-order valence-corrected chi connectivity index (χ4v) is 2.50. The van der Waals surface area contributed by atoms with E-state index in [0.29, 0.717) is 23.6 Å². The average molecular weight is 302 g/mol. The van der Waals surface area contributed by atoms with Gasteiger partial charge in [0.15, 0.2) is 0 Å². The molecule has 0 saturated heterocycles. The summed E-state index contributed by atoms with van der Waals surface area (Å²) in [6.45, 7) is 4.18. The van der Waals surface area contributed by atoms with E-state index >= 15 is 0 Å². The molecule has 1 aliphatic carbocycles. The van der Waals surface area contributed by atoms with Crippen molar-refractivity contribution in [2.45, 2.75) is 32.7 Å². The predicted molar refractivity (Wildman–Crippen MR) is 83.1 cm³/mol. The van der Waals surface area contributed by atoms with E-state index in [1.165, 1.54) is 0 Å². The molecule has 1 aromatic carbocycles. The second kappa shape index (κ2) is 6.69. The van der Waals surface area contributed by atoms with E-state index in [-0.39, 0.29) is 17.9 Å². The van der Waals surface area contributed by atoms with E-state index in [4.69, 9.17) is 14.7 Å². The SMILES string of the molecule is COc1cc(C(=O)N(CC(C)C#N)C2CC2)cc(OC)c1C. The van der Waals surface area contributed by atoms with Gasteiger partial charge in [0.25, 0.3) is 5.91 Å². The van der Waals surface area contributed by atoms with Gasteiger partial charge in [-0.3, -0.25) is 4.79 Å². The average Bonchev–Trinajstić information content (AvgIpc) is 3.36. The van der Waals surface area contributed by atoms with Crippen molar-refractivity contribution in [3.8, 4) is 17.6 Å². The lowest BCUT2D eigenvalue weighted by atomic mass is 10.1. The number of carbonyl (C=O) groups excluding carboxylic acids is 1. The Balaban J connectivity index is 2.32. The Bertz CT molecular complexity index is 577. The van der Waals surface area contributed by atoms with Crippen LogP contribution in [0.25, 0.3) is 0 Å². The molecule has 2 rings (SSSR count). The fourth-order valence-electron chi connectivity index (χ4n) is 2.50. The molecule has 1 saturated carbocycles. The van der Waals surface area contributed by atoms with E-state index in [1.54, 1.807) is 31.3 Å². The lowest BCUT2D eigenvalue weighted by molar-refractivity contribution is 0.0729. The number of hydrogen-bond acceptors (Lipinski definition) is 4. The van der Waals surface area contributed by atoms with Crippen molar-refractivity contribution in [2.75, 3.05) is 20.8 Å². The first-order chi connectivity index (χ1) is 10.5. The van der Waals surface area contributed by atoms with Crippen molar-refractivity contribution < 1.29 is 14.3 Å². The zero-order valence-corrected chi connectivity index (χ0v) is 13.5. The van der Waals surface area contributed by atoms with E-state index in [2.05, 4.69) is 6.07 Å². The summed E-state index contributed by atoms with van der Waals surface area (Å²) < 4.78 is 10.7. The normalized spacial score (nSPS) is 14.9. The van der Waals surface area contributed by atoms with E-state index in [1.807, 2.05) is 13.8 Å². The molecule has 0 spiro atoms. The first-order valence-electron chi connectivity index (χ1n) is 7.45. The number of ether oxygens (including phenoxy) is 2. The van der Waals surface area contributed by atoms with Crippen molar-refractivity contribution in [1.82, 2.24) is 4.90 Å². The van der Waals surface area contributed by atoms with Gasteiger partial charge in [-0.2, -0.15) is 5.26 Å². The van der Waals surface area contributed by atoms with E-state index < -0.39 is 0 Å². The summed E-state index contributed by atoms with van der Waals surface area (Å²) in [7, 11) is 3.15. The van der Waals surface area contributed by atoms with Crippen molar-refractivity contribution in [2.24, 2.45) is 5.92 Å². The highest BCUT2D eigenvalue weighted by molar-refractivity contribution is 5.95. The lowest BCUT2D eigenvalue weighted by Crippen LogP contribution is -2.36. The predicted octanol–water partition coefficient (Wildman–Crippen LogP) is 2.78. The van der Waals surface area contributed by atoms with Gasteiger partial charge in [-0.1, -0.05) is 0 Å². The van der Waals surface area contributed by atoms with Crippen molar-refractivity contribution in [3.63, 3.8) is 0 Å². The Morgan fingerprint density at radius 3 is 2.32 bits per heavy atom. The maximum Gasteiger partial charge on any atom is 0.254 e. The van der Waals surface area contributed by atoms with Gasteiger partial charge in [0.1, 0.15) is 11.5 Å². The van der Waals surface area contributed by atoms with Crippen molar-refractivity contribution in [3.05, 3.63) is 23.3 Å². The molecule has 1 aromatic rings. The van der Waals surface area contributed by atoms with Crippen LogP contribution in [0.5, 0.6) is 11.5 Å². The molecule has 5 nitrogen and oxygen atoms in total. The monoisotopic (exact) mass is 302 g/mol. The summed E-state index contributed by atoms with van der Waals surface area (Å²) in [6, 6.07) is 5.93. The Morgan fingerprint density at radius 1 is 1.36 bits per heavy atom. The third kappa shape index (κ3) is 3.33. The van der Waals surface area contributed by atoms with Crippen LogP contribution in [0.2, 0.25) is 0 Å². The molecular formula is C17H22N2O3. The van der Waals surface area contributed by atoms with Crippen LogP contribution >= 0.6 is 0 Å². The summed E-state index contributed by atoms with van der Waals surface area (Å²) in [5.41, 5.74) is 1.40. The molecule has 5 heteroatoms. The van der Waals surface area contributed by atoms with Crippen LogP contribution in [0.4, 0.5) is 0 Å². The van der Waals surface area contributed by atoms with Crippen LogP contribution in [0.1, 0.15) is 35.7 Å². The second-order valence-corrected chi connectivity index (χ2v) is 5.72. The first kappa shape index (κ1) is 16.2. The largest absolute Gasteiger partial charge is 0.496 e. The molecular weight excluding hydrogens is 280 g/mol. The van der Waals surface area contributed by atoms with Gasteiger partial charge in [-0.15, -0.1) is 0 Å². The number of nitriles is 1. The van der Waals surface area contributed by atoms with Crippen LogP contribution < -0.4 is 9.47 Å². The number of amides is 1. The maximum atomic E-state index is 12.8. The summed E-state index contributed by atoms with van der Waals surface area (Å²) in [5.74, 6) is 1.01. The molecule has 22 heavy (non-hydrogen) atoms. The zero-order chi connectivity index (χ0) is 16.3. The van der Waals surface area contributed by atoms with Crippen molar-refractivity contribution in [1.29, 1.82) is 5.26 Å². The Labute approximate surface area is 131 Å². The number of hydrogen-bond donors (Lipinski definition) is 0. The molecule has 1 atom stereocenters. The molecule has 0 aromatic heterocycles. The van der Waals surface area contributed by atoms with Crippen LogP contribution in [-0.4, -0.2) is 37.6 Å². The molecule has 0 aliphatic heterocycles. The van der Waals surface area contributed by atoms with Crippen molar-refractivity contribution >= 4 is 5.91 Å². The third-order valence-corrected chi connectivity index (χ3v) is 3.94. The van der Waals surface area contributed by atoms with Crippen LogP contribution in [0.15, 0.2) is 12.1 Å². The van der Waals surface area contributed by atoms with Gasteiger partial charge < -0.3 is 14.4 Å². The smallest absolute Gasteiger partial charge is 0.254 e. The minimum Gasteiger partial charge on any atom is -0.496 e. The fraction of sp³-hybridized carbons (Fsp3) is 0.529. The summed E-state index contributed by atoms with van der Waals surface area (Å²) >= 11 is 0. The lowest BCUT2D eigenvalue weighted by Gasteiger charge is -2.24. The standard InChI is InChI=1S/C17H22N2O3/c1-11(9-18)10-19(14-5-6-14)17(20)13-7-15(21-3)12(2)16(8-13)22-4/h7-8,11,14H,5-6,10H2,1-4H3. The highest BCUT2D eigenvalue weighted by Crippen LogP contribution is 2.33. The molecule has 0 N–H and O–H groups in total. The number of methoxy groups -OCH3 is 2. The number of rotatable bonds is 6. The van der Waals surface area contributed by atoms with Gasteiger partial charge in [-0.05, 0) is 38.8 Å². The minimum atomic E-state index is -0.182. The highest BCUT2D eigenvalue weighted by Gasteiger charge is 2.34. The van der Waals surface area contributed by atoms with Gasteiger partial charge >= 0.3 is 0 Å². The van der Waals surface area contributed by atoms with Gasteiger partial charge in [0, 0.05) is 23.7 Å². The van der Waals surface area contributed by atoms with E-state index in [0.717, 1.165) is 18.4 Å². The molecule has 1 fully saturated rings. The van der Waals surface area contributed by atoms with Gasteiger partial charge in [0.2, 0.25) is 0 Å². The molecule has 118 valence electrons. The molecule has 1 amide bonds. The summed E-state index contributed by atoms with van der Waals surface area (Å²) in [5, 5.41) is 9.01. The van der Waals surface area contributed by atoms with Crippen LogP contribution in [0.3, 0.4) is 0 Å². The van der Waals surface area contributed by atoms with Gasteiger partial charge in [0.05, 0.1) is 26.2 Å². The summed E-state index contributed by atoms with van der Waals surface area (Å²) in [6.07, 6.45) is 2.01. The van der Waals surface area contributed by atoms with Crippen LogP contribution in [0, 0.1) is 24.2 Å². The Kier molecular flexibility index (Phi) is 4.92. The molecule has 0 bridgehead atoms. The summed E-state index contributed by atoms with van der Waals surface area (Å²) in [4.78, 5) is 14.6. The van der Waals surface area contributed by atoms with Crippen LogP contribution in [-0.2, 0) is 0 Å². The zero-order valence-electron chi connectivity index (χ0n) is 13.5. The second-order valence-electron chi connectivity index (χ2n) is 5.72. The maximum absolute atomic E-state index is 12.8. The Hall–Kier alpha value is -2.22. The number of carbonyl (C=O) groups is 1. The molecule has 1 aliphatic rings. The minimum absolute atomic E-state index is 0.0683. The molecule has 0 radical (unpaired) electrons. The number of benzene rings is 1. The first-order valence-corrected chi connectivity index (χ1v) is 7.45. The topological polar surface area (TPSA) is 62.6 Å². The highest BCUT2D eigenvalue weighted by atomic mass is 16.5. The van der Waals surface area contributed by atoms with E-state index in [9.17, 15) is 4.79 Å². The quantitative estimate of drug-likeness (QED) is 0.810. The molecule has 1 unspecified atom stereocenters. The number of nitrogens with zero attached hydrogens (tertiary/aromatic N) is 2. The molecule has 0 heterocycles. The van der Waals surface area contributed by atoms with Gasteiger partial charge in [-0.25, -0.2) is 0 Å². The Morgan fingerprint density at radius 2 is 1.91 bits per heavy atom.